The van der Waals surface area contributed by atoms with Crippen LogP contribution in [-0.2, 0) is 12.8 Å². The van der Waals surface area contributed by atoms with Crippen molar-refractivity contribution in [2.75, 3.05) is 54.6 Å². The zero-order chi connectivity index (χ0) is 20.8. The highest BCUT2D eigenvalue weighted by atomic mass is 16.5. The van der Waals surface area contributed by atoms with Crippen molar-refractivity contribution in [3.8, 4) is 23.0 Å². The third-order valence-electron chi connectivity index (χ3n) is 7.03. The minimum atomic E-state index is 0.291. The molecule has 5 rings (SSSR count). The second-order valence-electron chi connectivity index (χ2n) is 8.27. The number of fused-ring (bicyclic) bond motifs is 7. The first-order chi connectivity index (χ1) is 14.7. The van der Waals surface area contributed by atoms with Gasteiger partial charge in [-0.2, -0.15) is 0 Å². The van der Waals surface area contributed by atoms with Gasteiger partial charge in [0.15, 0.2) is 23.0 Å². The van der Waals surface area contributed by atoms with Gasteiger partial charge in [0.05, 0.1) is 40.5 Å². The first-order valence-electron chi connectivity index (χ1n) is 10.7. The summed E-state index contributed by atoms with van der Waals surface area (Å²) in [6.07, 6.45) is 2.08. The Morgan fingerprint density at radius 2 is 0.933 bits per heavy atom. The Kier molecular flexibility index (Phi) is 4.99. The smallest absolute Gasteiger partial charge is 0.161 e. The van der Waals surface area contributed by atoms with E-state index in [4.69, 9.17) is 18.9 Å². The molecule has 3 aliphatic rings. The number of piperazine rings is 1. The Hall–Kier alpha value is -2.44. The van der Waals surface area contributed by atoms with Gasteiger partial charge >= 0.3 is 0 Å². The molecule has 0 bridgehead atoms. The zero-order valence-corrected chi connectivity index (χ0v) is 18.2. The van der Waals surface area contributed by atoms with Crippen LogP contribution in [-0.4, -0.2) is 64.4 Å². The van der Waals surface area contributed by atoms with Crippen molar-refractivity contribution < 1.29 is 18.9 Å². The van der Waals surface area contributed by atoms with Crippen molar-refractivity contribution in [1.29, 1.82) is 0 Å². The Bertz CT molecular complexity index is 883. The maximum Gasteiger partial charge on any atom is 0.161 e. The molecule has 0 N–H and O–H groups in total. The van der Waals surface area contributed by atoms with Gasteiger partial charge in [-0.1, -0.05) is 0 Å². The monoisotopic (exact) mass is 410 g/mol. The molecule has 6 heteroatoms. The summed E-state index contributed by atoms with van der Waals surface area (Å²) in [6, 6.07) is 9.32. The highest BCUT2D eigenvalue weighted by molar-refractivity contribution is 5.53. The molecule has 30 heavy (non-hydrogen) atoms. The van der Waals surface area contributed by atoms with Gasteiger partial charge in [0.2, 0.25) is 0 Å². The van der Waals surface area contributed by atoms with Crippen LogP contribution in [0, 0.1) is 0 Å². The zero-order valence-electron chi connectivity index (χ0n) is 18.2. The molecule has 6 nitrogen and oxygen atoms in total. The molecular weight excluding hydrogens is 380 g/mol. The van der Waals surface area contributed by atoms with E-state index in [1.165, 1.54) is 22.3 Å². The van der Waals surface area contributed by atoms with Crippen molar-refractivity contribution >= 4 is 0 Å². The third-order valence-corrected chi connectivity index (χ3v) is 7.03. The topological polar surface area (TPSA) is 43.4 Å². The number of benzene rings is 2. The van der Waals surface area contributed by atoms with Crippen LogP contribution in [0.1, 0.15) is 34.3 Å². The molecule has 2 aromatic carbocycles. The molecule has 2 atom stereocenters. The van der Waals surface area contributed by atoms with Crippen LogP contribution in [0.3, 0.4) is 0 Å². The van der Waals surface area contributed by atoms with E-state index < -0.39 is 0 Å². The highest BCUT2D eigenvalue weighted by Crippen LogP contribution is 2.50. The molecular formula is C24H30N2O4. The molecule has 2 aromatic rings. The molecule has 1 saturated heterocycles. The summed E-state index contributed by atoms with van der Waals surface area (Å²) < 4.78 is 22.5. The number of ether oxygens (including phenoxy) is 4. The summed E-state index contributed by atoms with van der Waals surface area (Å²) >= 11 is 0. The number of hydrogen-bond acceptors (Lipinski definition) is 6. The van der Waals surface area contributed by atoms with E-state index in [2.05, 4.69) is 34.1 Å². The molecule has 1 fully saturated rings. The number of hydrogen-bond donors (Lipinski definition) is 0. The second-order valence-corrected chi connectivity index (χ2v) is 8.27. The van der Waals surface area contributed by atoms with Gasteiger partial charge < -0.3 is 18.9 Å². The predicted octanol–water partition coefficient (Wildman–Crippen LogP) is 3.23. The lowest BCUT2D eigenvalue weighted by molar-refractivity contribution is 0.00497. The second kappa shape index (κ2) is 7.67. The lowest BCUT2D eigenvalue weighted by Gasteiger charge is -2.52. The summed E-state index contributed by atoms with van der Waals surface area (Å²) in [7, 11) is 6.84. The SMILES string of the molecule is COc1cc2c(cc1OC)[C@H]1[C@@H]3c4cc(OC)c(OC)cc4CCN3CCN1CC2. The third kappa shape index (κ3) is 2.93. The van der Waals surface area contributed by atoms with Gasteiger partial charge in [0.1, 0.15) is 0 Å². The standard InChI is InChI=1S/C24H30N2O4/c1-27-19-11-15-5-7-25-9-10-26-8-6-16-12-20(28-2)22(30-4)14-18(16)24(26)23(25)17(15)13-21(19)29-3/h11-14,23-24H,5-10H2,1-4H3/t23-,24-/m0/s1. The molecule has 0 radical (unpaired) electrons. The van der Waals surface area contributed by atoms with Gasteiger partial charge in [0, 0.05) is 26.2 Å². The van der Waals surface area contributed by atoms with E-state index in [9.17, 15) is 0 Å². The van der Waals surface area contributed by atoms with E-state index in [0.29, 0.717) is 12.1 Å². The molecule has 0 aromatic heterocycles. The summed E-state index contributed by atoms with van der Waals surface area (Å²) in [5, 5.41) is 0. The minimum Gasteiger partial charge on any atom is -0.493 e. The van der Waals surface area contributed by atoms with Crippen LogP contribution in [0.5, 0.6) is 23.0 Å². The van der Waals surface area contributed by atoms with Gasteiger partial charge in [0.25, 0.3) is 0 Å². The molecule has 3 heterocycles. The quantitative estimate of drug-likeness (QED) is 0.771. The van der Waals surface area contributed by atoms with Crippen molar-refractivity contribution in [3.05, 3.63) is 46.5 Å². The maximum atomic E-state index is 5.66. The minimum absolute atomic E-state index is 0.291. The number of nitrogens with zero attached hydrogens (tertiary/aromatic N) is 2. The average molecular weight is 411 g/mol. The maximum absolute atomic E-state index is 5.66. The fourth-order valence-corrected chi connectivity index (χ4v) is 5.56. The first-order valence-corrected chi connectivity index (χ1v) is 10.7. The fraction of sp³-hybridized carbons (Fsp3) is 0.500. The lowest BCUT2D eigenvalue weighted by atomic mass is 9.79. The van der Waals surface area contributed by atoms with Crippen molar-refractivity contribution in [2.24, 2.45) is 0 Å². The molecule has 0 aliphatic carbocycles. The van der Waals surface area contributed by atoms with Gasteiger partial charge in [-0.3, -0.25) is 9.80 Å². The number of rotatable bonds is 4. The Balaban J connectivity index is 1.66. The largest absolute Gasteiger partial charge is 0.493 e. The van der Waals surface area contributed by atoms with E-state index in [-0.39, 0.29) is 0 Å². The Morgan fingerprint density at radius 3 is 1.30 bits per heavy atom. The molecule has 0 spiro atoms. The Labute approximate surface area is 178 Å². The predicted molar refractivity (Wildman–Crippen MR) is 115 cm³/mol. The molecule has 0 amide bonds. The highest BCUT2D eigenvalue weighted by Gasteiger charge is 2.44. The van der Waals surface area contributed by atoms with Gasteiger partial charge in [-0.25, -0.2) is 0 Å². The first kappa shape index (κ1) is 19.5. The van der Waals surface area contributed by atoms with E-state index in [1.807, 2.05) is 0 Å². The van der Waals surface area contributed by atoms with Crippen molar-refractivity contribution in [1.82, 2.24) is 9.80 Å². The van der Waals surface area contributed by atoms with Crippen LogP contribution in [0.2, 0.25) is 0 Å². The van der Waals surface area contributed by atoms with Crippen molar-refractivity contribution in [2.45, 2.75) is 24.9 Å². The summed E-state index contributed by atoms with van der Waals surface area (Å²) in [6.45, 7) is 4.33. The average Bonchev–Trinajstić information content (AvgIpc) is 2.81. The summed E-state index contributed by atoms with van der Waals surface area (Å²) in [5.41, 5.74) is 5.44. The van der Waals surface area contributed by atoms with Crippen LogP contribution in [0.15, 0.2) is 24.3 Å². The molecule has 3 aliphatic heterocycles. The van der Waals surface area contributed by atoms with Crippen LogP contribution >= 0.6 is 0 Å². The molecule has 0 saturated carbocycles. The van der Waals surface area contributed by atoms with Crippen LogP contribution in [0.4, 0.5) is 0 Å². The van der Waals surface area contributed by atoms with Gasteiger partial charge in [-0.15, -0.1) is 0 Å². The van der Waals surface area contributed by atoms with E-state index in [1.54, 1.807) is 28.4 Å². The summed E-state index contributed by atoms with van der Waals surface area (Å²) in [4.78, 5) is 5.28. The lowest BCUT2D eigenvalue weighted by Crippen LogP contribution is -2.54. The van der Waals surface area contributed by atoms with Crippen molar-refractivity contribution in [3.63, 3.8) is 0 Å². The summed E-state index contributed by atoms with van der Waals surface area (Å²) in [5.74, 6) is 3.23. The van der Waals surface area contributed by atoms with E-state index >= 15 is 0 Å². The molecule has 0 unspecified atom stereocenters. The normalized spacial score (nSPS) is 22.9. The van der Waals surface area contributed by atoms with Crippen LogP contribution < -0.4 is 18.9 Å². The molecule has 160 valence electrons. The van der Waals surface area contributed by atoms with Crippen LogP contribution in [0.25, 0.3) is 0 Å². The number of methoxy groups -OCH3 is 4. The van der Waals surface area contributed by atoms with E-state index in [0.717, 1.165) is 62.0 Å². The fourth-order valence-electron chi connectivity index (χ4n) is 5.56. The Morgan fingerprint density at radius 1 is 0.567 bits per heavy atom. The van der Waals surface area contributed by atoms with Gasteiger partial charge in [-0.05, 0) is 59.4 Å².